The molecule has 2 rings (SSSR count). The maximum absolute atomic E-state index is 12.4. The van der Waals surface area contributed by atoms with Gasteiger partial charge in [0.1, 0.15) is 16.7 Å². The Labute approximate surface area is 131 Å². The van der Waals surface area contributed by atoms with E-state index in [4.69, 9.17) is 10.00 Å². The third-order valence-electron chi connectivity index (χ3n) is 2.66. The average Bonchev–Trinajstić information content (AvgIpc) is 2.46. The van der Waals surface area contributed by atoms with Crippen LogP contribution in [0.15, 0.2) is 51.8 Å². The summed E-state index contributed by atoms with van der Waals surface area (Å²) in [5.41, 5.74) is 0.431. The molecule has 0 atom stereocenters. The van der Waals surface area contributed by atoms with E-state index >= 15 is 0 Å². The first kappa shape index (κ1) is 15.4. The molecule has 0 saturated carbocycles. The van der Waals surface area contributed by atoms with E-state index in [2.05, 4.69) is 20.7 Å². The quantitative estimate of drug-likeness (QED) is 0.901. The molecule has 21 heavy (non-hydrogen) atoms. The van der Waals surface area contributed by atoms with Crippen molar-refractivity contribution in [2.24, 2.45) is 0 Å². The summed E-state index contributed by atoms with van der Waals surface area (Å²) in [7, 11) is -2.36. The van der Waals surface area contributed by atoms with E-state index in [0.717, 1.165) is 0 Å². The zero-order chi connectivity index (χ0) is 15.5. The lowest BCUT2D eigenvalue weighted by molar-refractivity contribution is 0.415. The first-order valence-electron chi connectivity index (χ1n) is 5.83. The van der Waals surface area contributed by atoms with Gasteiger partial charge in [-0.25, -0.2) is 8.42 Å². The van der Waals surface area contributed by atoms with Crippen molar-refractivity contribution in [1.29, 1.82) is 5.26 Å². The zero-order valence-electron chi connectivity index (χ0n) is 11.0. The molecule has 0 fully saturated rings. The summed E-state index contributed by atoms with van der Waals surface area (Å²) in [6, 6.07) is 12.8. The van der Waals surface area contributed by atoms with E-state index in [9.17, 15) is 8.42 Å². The number of methoxy groups -OCH3 is 1. The molecule has 7 heteroatoms. The van der Waals surface area contributed by atoms with E-state index in [1.54, 1.807) is 30.3 Å². The van der Waals surface area contributed by atoms with E-state index in [1.165, 1.54) is 19.2 Å². The molecule has 0 bridgehead atoms. The van der Waals surface area contributed by atoms with Crippen LogP contribution in [0.3, 0.4) is 0 Å². The highest BCUT2D eigenvalue weighted by Crippen LogP contribution is 2.27. The Morgan fingerprint density at radius 2 is 1.95 bits per heavy atom. The summed E-state index contributed by atoms with van der Waals surface area (Å²) in [5, 5.41) is 9.00. The summed E-state index contributed by atoms with van der Waals surface area (Å²) in [4.78, 5) is -0.0635. The third kappa shape index (κ3) is 3.54. The minimum Gasteiger partial charge on any atom is -0.497 e. The number of anilines is 1. The molecule has 0 radical (unpaired) electrons. The second-order valence-corrected chi connectivity index (χ2v) is 6.66. The number of benzene rings is 2. The smallest absolute Gasteiger partial charge is 0.263 e. The maximum Gasteiger partial charge on any atom is 0.263 e. The van der Waals surface area contributed by atoms with Crippen LogP contribution in [-0.4, -0.2) is 15.5 Å². The Kier molecular flexibility index (Phi) is 4.50. The fraction of sp³-hybridized carbons (Fsp3) is 0.0714. The van der Waals surface area contributed by atoms with Crippen molar-refractivity contribution >= 4 is 31.6 Å². The van der Waals surface area contributed by atoms with E-state index in [-0.39, 0.29) is 10.5 Å². The van der Waals surface area contributed by atoms with Gasteiger partial charge >= 0.3 is 0 Å². The summed E-state index contributed by atoms with van der Waals surface area (Å²) in [6.45, 7) is 0. The molecular formula is C14H11BrN2O3S. The van der Waals surface area contributed by atoms with E-state index in [1.807, 2.05) is 6.07 Å². The number of sulfonamides is 1. The minimum absolute atomic E-state index is 0.0635. The van der Waals surface area contributed by atoms with Crippen LogP contribution in [0.25, 0.3) is 0 Å². The number of hydrogen-bond donors (Lipinski definition) is 1. The number of ether oxygens (including phenoxy) is 1. The first-order chi connectivity index (χ1) is 9.96. The van der Waals surface area contributed by atoms with Gasteiger partial charge in [-0.3, -0.25) is 4.72 Å². The molecule has 0 aliphatic carbocycles. The topological polar surface area (TPSA) is 79.2 Å². The zero-order valence-corrected chi connectivity index (χ0v) is 13.4. The Morgan fingerprint density at radius 3 is 2.62 bits per heavy atom. The molecule has 0 aliphatic rings. The molecule has 0 unspecified atom stereocenters. The molecule has 0 saturated heterocycles. The fourth-order valence-corrected chi connectivity index (χ4v) is 3.41. The van der Waals surface area contributed by atoms with Crippen LogP contribution in [0.5, 0.6) is 5.75 Å². The van der Waals surface area contributed by atoms with Crippen molar-refractivity contribution in [3.63, 3.8) is 0 Å². The summed E-state index contributed by atoms with van der Waals surface area (Å²) < 4.78 is 32.9. The van der Waals surface area contributed by atoms with Gasteiger partial charge < -0.3 is 4.74 Å². The van der Waals surface area contributed by atoms with Crippen LogP contribution in [0.4, 0.5) is 5.69 Å². The Hall–Kier alpha value is -2.04. The van der Waals surface area contributed by atoms with Gasteiger partial charge in [0, 0.05) is 10.5 Å². The molecule has 108 valence electrons. The van der Waals surface area contributed by atoms with Gasteiger partial charge in [0.2, 0.25) is 0 Å². The Balaban J connectivity index is 2.43. The van der Waals surface area contributed by atoms with Crippen LogP contribution in [0, 0.1) is 11.3 Å². The van der Waals surface area contributed by atoms with Crippen LogP contribution in [-0.2, 0) is 10.0 Å². The molecular weight excluding hydrogens is 356 g/mol. The van der Waals surface area contributed by atoms with Gasteiger partial charge in [-0.15, -0.1) is 0 Å². The van der Waals surface area contributed by atoms with Gasteiger partial charge in [0.15, 0.2) is 0 Å². The van der Waals surface area contributed by atoms with Crippen LogP contribution < -0.4 is 9.46 Å². The van der Waals surface area contributed by atoms with Crippen molar-refractivity contribution < 1.29 is 13.2 Å². The van der Waals surface area contributed by atoms with Gasteiger partial charge in [-0.1, -0.05) is 28.1 Å². The minimum atomic E-state index is -3.85. The van der Waals surface area contributed by atoms with Gasteiger partial charge in [-0.05, 0) is 24.3 Å². The lowest BCUT2D eigenvalue weighted by Crippen LogP contribution is -2.14. The summed E-state index contributed by atoms with van der Waals surface area (Å²) in [5.74, 6) is 0.510. The molecule has 0 aromatic heterocycles. The second kappa shape index (κ2) is 6.16. The maximum atomic E-state index is 12.4. The third-order valence-corrected chi connectivity index (χ3v) is 4.55. The lowest BCUT2D eigenvalue weighted by Gasteiger charge is -2.11. The van der Waals surface area contributed by atoms with Crippen LogP contribution >= 0.6 is 15.9 Å². The molecule has 0 amide bonds. The predicted octanol–water partition coefficient (Wildman–Crippen LogP) is 3.13. The van der Waals surface area contributed by atoms with Crippen molar-refractivity contribution in [3.8, 4) is 11.8 Å². The van der Waals surface area contributed by atoms with Crippen LogP contribution in [0.1, 0.15) is 5.56 Å². The number of rotatable bonds is 4. The number of halogens is 1. The molecule has 0 heterocycles. The first-order valence-corrected chi connectivity index (χ1v) is 8.10. The summed E-state index contributed by atoms with van der Waals surface area (Å²) >= 11 is 3.28. The van der Waals surface area contributed by atoms with E-state index < -0.39 is 10.0 Å². The number of nitrogens with zero attached hydrogens (tertiary/aromatic N) is 1. The number of nitrogens with one attached hydrogen (secondary N) is 1. The van der Waals surface area contributed by atoms with E-state index in [0.29, 0.717) is 15.9 Å². The summed E-state index contributed by atoms with van der Waals surface area (Å²) in [6.07, 6.45) is 0. The van der Waals surface area contributed by atoms with Crippen molar-refractivity contribution in [2.45, 2.75) is 4.90 Å². The van der Waals surface area contributed by atoms with Crippen molar-refractivity contribution in [2.75, 3.05) is 11.8 Å². The second-order valence-electron chi connectivity index (χ2n) is 4.09. The van der Waals surface area contributed by atoms with Gasteiger partial charge in [0.25, 0.3) is 10.0 Å². The van der Waals surface area contributed by atoms with Crippen molar-refractivity contribution in [3.05, 3.63) is 52.5 Å². The molecule has 2 aromatic rings. The fourth-order valence-electron chi connectivity index (χ4n) is 1.74. The highest BCUT2D eigenvalue weighted by atomic mass is 79.9. The average molecular weight is 367 g/mol. The SMILES string of the molecule is COc1cc(Br)cc(NS(=O)(=O)c2ccccc2C#N)c1. The number of nitriles is 1. The monoisotopic (exact) mass is 366 g/mol. The number of hydrogen-bond acceptors (Lipinski definition) is 4. The van der Waals surface area contributed by atoms with Crippen LogP contribution in [0.2, 0.25) is 0 Å². The van der Waals surface area contributed by atoms with Gasteiger partial charge in [0.05, 0.1) is 18.4 Å². The molecule has 1 N–H and O–H groups in total. The largest absolute Gasteiger partial charge is 0.497 e. The molecule has 0 spiro atoms. The Bertz CT molecular complexity index is 813. The standard InChI is InChI=1S/C14H11BrN2O3S/c1-20-13-7-11(15)6-12(8-13)17-21(18,19)14-5-3-2-4-10(14)9-16/h2-8,17H,1H3. The highest BCUT2D eigenvalue weighted by molar-refractivity contribution is 9.10. The Morgan fingerprint density at radius 1 is 1.24 bits per heavy atom. The normalized spacial score (nSPS) is 10.7. The van der Waals surface area contributed by atoms with Gasteiger partial charge in [-0.2, -0.15) is 5.26 Å². The molecule has 2 aromatic carbocycles. The molecule has 5 nitrogen and oxygen atoms in total. The highest BCUT2D eigenvalue weighted by Gasteiger charge is 2.18. The predicted molar refractivity (Wildman–Crippen MR) is 82.7 cm³/mol. The lowest BCUT2D eigenvalue weighted by atomic mass is 10.2. The molecule has 0 aliphatic heterocycles. The van der Waals surface area contributed by atoms with Crippen molar-refractivity contribution in [1.82, 2.24) is 0 Å².